The lowest BCUT2D eigenvalue weighted by Crippen LogP contribution is -2.20. The van der Waals surface area contributed by atoms with E-state index in [4.69, 9.17) is 0 Å². The molecule has 0 spiro atoms. The van der Waals surface area contributed by atoms with E-state index in [0.717, 1.165) is 51.8 Å². The number of rotatable bonds is 9. The second-order valence-electron chi connectivity index (χ2n) is 9.48. The minimum absolute atomic E-state index is 0. The molecule has 0 aliphatic heterocycles. The SMILES string of the molecule is CNC(=O)c1ccnc2c([C@H](C)CNc3cc(-c4ccc(N(C)CC5CC5)nc4)ncn3)cccc12.S. The van der Waals surface area contributed by atoms with Crippen molar-refractivity contribution in [2.24, 2.45) is 5.92 Å². The van der Waals surface area contributed by atoms with Crippen LogP contribution in [0.1, 0.15) is 41.6 Å². The summed E-state index contributed by atoms with van der Waals surface area (Å²) in [6.07, 6.45) is 7.79. The number of amides is 1. The minimum atomic E-state index is -0.115. The molecule has 5 rings (SSSR count). The number of carbonyl (C=O) groups excluding carboxylic acids is 1. The lowest BCUT2D eigenvalue weighted by molar-refractivity contribution is 0.0964. The van der Waals surface area contributed by atoms with E-state index in [1.165, 1.54) is 12.8 Å². The molecule has 2 N–H and O–H groups in total. The maximum absolute atomic E-state index is 12.3. The largest absolute Gasteiger partial charge is 0.369 e. The molecule has 1 amide bonds. The summed E-state index contributed by atoms with van der Waals surface area (Å²) in [5.41, 5.74) is 4.33. The molecule has 0 bridgehead atoms. The summed E-state index contributed by atoms with van der Waals surface area (Å²) in [7, 11) is 3.73. The van der Waals surface area contributed by atoms with Gasteiger partial charge in [-0.3, -0.25) is 9.78 Å². The van der Waals surface area contributed by atoms with Crippen molar-refractivity contribution in [1.82, 2.24) is 25.3 Å². The number of carbonyl (C=O) groups is 1. The number of para-hydroxylation sites is 1. The Morgan fingerprint density at radius 1 is 1.11 bits per heavy atom. The van der Waals surface area contributed by atoms with E-state index in [9.17, 15) is 4.79 Å². The average Bonchev–Trinajstić information content (AvgIpc) is 3.75. The van der Waals surface area contributed by atoms with Crippen molar-refractivity contribution in [3.63, 3.8) is 0 Å². The first-order chi connectivity index (χ1) is 17.5. The van der Waals surface area contributed by atoms with Gasteiger partial charge < -0.3 is 15.5 Å². The van der Waals surface area contributed by atoms with Crippen LogP contribution in [0.5, 0.6) is 0 Å². The van der Waals surface area contributed by atoms with Gasteiger partial charge in [-0.1, -0.05) is 25.1 Å². The zero-order chi connectivity index (χ0) is 25.1. The van der Waals surface area contributed by atoms with Crippen LogP contribution in [0.15, 0.2) is 61.2 Å². The molecule has 1 atom stereocenters. The molecule has 1 aromatic carbocycles. The maximum Gasteiger partial charge on any atom is 0.251 e. The molecule has 37 heavy (non-hydrogen) atoms. The van der Waals surface area contributed by atoms with E-state index in [2.05, 4.69) is 67.6 Å². The normalized spacial score (nSPS) is 13.5. The molecular formula is C28H33N7OS. The predicted octanol–water partition coefficient (Wildman–Crippen LogP) is 4.62. The number of nitrogens with one attached hydrogen (secondary N) is 2. The number of benzene rings is 1. The van der Waals surface area contributed by atoms with Crippen molar-refractivity contribution in [1.29, 1.82) is 0 Å². The first-order valence-corrected chi connectivity index (χ1v) is 12.4. The Hall–Kier alpha value is -3.72. The zero-order valence-corrected chi connectivity index (χ0v) is 22.4. The van der Waals surface area contributed by atoms with E-state index in [-0.39, 0.29) is 25.3 Å². The third-order valence-electron chi connectivity index (χ3n) is 6.73. The molecule has 1 saturated carbocycles. The number of nitrogens with zero attached hydrogens (tertiary/aromatic N) is 5. The molecule has 192 valence electrons. The molecule has 0 unspecified atom stereocenters. The van der Waals surface area contributed by atoms with Crippen LogP contribution in [0.2, 0.25) is 0 Å². The molecule has 1 aliphatic rings. The summed E-state index contributed by atoms with van der Waals surface area (Å²) in [4.78, 5) is 32.6. The van der Waals surface area contributed by atoms with Gasteiger partial charge in [-0.15, -0.1) is 0 Å². The van der Waals surface area contributed by atoms with Gasteiger partial charge in [0.1, 0.15) is 18.0 Å². The van der Waals surface area contributed by atoms with Crippen molar-refractivity contribution < 1.29 is 4.79 Å². The van der Waals surface area contributed by atoms with Crippen LogP contribution < -0.4 is 15.5 Å². The highest BCUT2D eigenvalue weighted by Crippen LogP contribution is 2.31. The van der Waals surface area contributed by atoms with Gasteiger partial charge in [-0.05, 0) is 42.5 Å². The van der Waals surface area contributed by atoms with Crippen LogP contribution in [0.3, 0.4) is 0 Å². The van der Waals surface area contributed by atoms with Gasteiger partial charge in [0.15, 0.2) is 0 Å². The topological polar surface area (TPSA) is 95.9 Å². The monoisotopic (exact) mass is 515 g/mol. The van der Waals surface area contributed by atoms with E-state index in [0.29, 0.717) is 12.1 Å². The molecule has 1 aliphatic carbocycles. The first kappa shape index (κ1) is 26.3. The second kappa shape index (κ2) is 11.6. The highest BCUT2D eigenvalue weighted by Gasteiger charge is 2.23. The van der Waals surface area contributed by atoms with Gasteiger partial charge in [0.25, 0.3) is 5.91 Å². The Labute approximate surface area is 224 Å². The number of hydrogen-bond acceptors (Lipinski definition) is 7. The highest BCUT2D eigenvalue weighted by molar-refractivity contribution is 7.59. The van der Waals surface area contributed by atoms with Gasteiger partial charge in [0, 0.05) is 62.5 Å². The average molecular weight is 516 g/mol. The fraction of sp³-hybridized carbons (Fsp3) is 0.321. The fourth-order valence-electron chi connectivity index (χ4n) is 4.45. The van der Waals surface area contributed by atoms with Crippen LogP contribution in [0, 0.1) is 5.92 Å². The summed E-state index contributed by atoms with van der Waals surface area (Å²) in [6, 6.07) is 13.8. The second-order valence-corrected chi connectivity index (χ2v) is 9.48. The van der Waals surface area contributed by atoms with Gasteiger partial charge in [-0.2, -0.15) is 13.5 Å². The summed E-state index contributed by atoms with van der Waals surface area (Å²) in [5, 5.41) is 6.99. The van der Waals surface area contributed by atoms with Gasteiger partial charge in [0.2, 0.25) is 0 Å². The van der Waals surface area contributed by atoms with Gasteiger partial charge in [-0.25, -0.2) is 15.0 Å². The molecule has 9 heteroatoms. The minimum Gasteiger partial charge on any atom is -0.369 e. The Morgan fingerprint density at radius 2 is 1.95 bits per heavy atom. The quantitative estimate of drug-likeness (QED) is 0.336. The highest BCUT2D eigenvalue weighted by atomic mass is 32.1. The molecule has 1 fully saturated rings. The summed E-state index contributed by atoms with van der Waals surface area (Å²) < 4.78 is 0. The standard InChI is InChI=1S/C28H31N7O.H2S/c1-18(21-5-4-6-22-23(28(36)29-2)11-12-30-27(21)22)14-31-25-13-24(33-17-34-25)20-9-10-26(32-15-20)35(3)16-19-7-8-19;/h4-6,9-13,15,17-19H,7-8,14,16H2,1-3H3,(H,29,36)(H,31,33,34);1H2/t18-;/m1./s1. The van der Waals surface area contributed by atoms with Crippen LogP contribution in [0.4, 0.5) is 11.6 Å². The molecule has 0 saturated heterocycles. The summed E-state index contributed by atoms with van der Waals surface area (Å²) in [6.45, 7) is 3.86. The van der Waals surface area contributed by atoms with Crippen molar-refractivity contribution in [2.45, 2.75) is 25.7 Å². The molecular weight excluding hydrogens is 482 g/mol. The summed E-state index contributed by atoms with van der Waals surface area (Å²) >= 11 is 0. The third kappa shape index (κ3) is 5.99. The van der Waals surface area contributed by atoms with E-state index >= 15 is 0 Å². The Morgan fingerprint density at radius 3 is 2.68 bits per heavy atom. The van der Waals surface area contributed by atoms with E-state index in [1.807, 2.05) is 24.4 Å². The molecule has 0 radical (unpaired) electrons. The van der Waals surface area contributed by atoms with Crippen LogP contribution in [-0.2, 0) is 0 Å². The Balaban J connectivity index is 0.00000320. The van der Waals surface area contributed by atoms with Crippen LogP contribution in [-0.4, -0.2) is 53.0 Å². The number of hydrogen-bond donors (Lipinski definition) is 2. The van der Waals surface area contributed by atoms with Crippen molar-refractivity contribution in [2.75, 3.05) is 37.4 Å². The molecule has 3 heterocycles. The molecule has 4 aromatic rings. The predicted molar refractivity (Wildman–Crippen MR) is 154 cm³/mol. The van der Waals surface area contributed by atoms with E-state index < -0.39 is 0 Å². The number of fused-ring (bicyclic) bond motifs is 1. The lowest BCUT2D eigenvalue weighted by atomic mass is 9.96. The smallest absolute Gasteiger partial charge is 0.251 e. The van der Waals surface area contributed by atoms with E-state index in [1.54, 1.807) is 25.6 Å². The molecule has 3 aromatic heterocycles. The van der Waals surface area contributed by atoms with Crippen LogP contribution in [0.25, 0.3) is 22.2 Å². The number of pyridine rings is 2. The van der Waals surface area contributed by atoms with Crippen molar-refractivity contribution in [3.05, 3.63) is 72.3 Å². The van der Waals surface area contributed by atoms with Crippen LogP contribution >= 0.6 is 13.5 Å². The van der Waals surface area contributed by atoms with Crippen molar-refractivity contribution >= 4 is 41.9 Å². The first-order valence-electron chi connectivity index (χ1n) is 12.4. The van der Waals surface area contributed by atoms with Gasteiger partial charge >= 0.3 is 0 Å². The third-order valence-corrected chi connectivity index (χ3v) is 6.73. The Bertz CT molecular complexity index is 1370. The van der Waals surface area contributed by atoms with Crippen molar-refractivity contribution in [3.8, 4) is 11.3 Å². The number of aromatic nitrogens is 4. The Kier molecular flexibility index (Phi) is 8.23. The fourth-order valence-corrected chi connectivity index (χ4v) is 4.45. The maximum atomic E-state index is 12.3. The van der Waals surface area contributed by atoms with Gasteiger partial charge in [0.05, 0.1) is 16.8 Å². The zero-order valence-electron chi connectivity index (χ0n) is 21.4. The lowest BCUT2D eigenvalue weighted by Gasteiger charge is -2.18. The molecule has 8 nitrogen and oxygen atoms in total. The number of anilines is 2. The summed E-state index contributed by atoms with van der Waals surface area (Å²) in [5.74, 6) is 2.58.